The molecule has 0 aliphatic carbocycles. The summed E-state index contributed by atoms with van der Waals surface area (Å²) < 4.78 is 0. The number of nitrogens with zero attached hydrogens (tertiary/aromatic N) is 4. The predicted octanol–water partition coefficient (Wildman–Crippen LogP) is 5.44. The van der Waals surface area contributed by atoms with Gasteiger partial charge in [0, 0.05) is 42.8 Å². The lowest BCUT2D eigenvalue weighted by atomic mass is 10.2. The Labute approximate surface area is 240 Å². The Morgan fingerprint density at radius 3 is 2.38 bits per heavy atom. The number of benzene rings is 3. The van der Waals surface area contributed by atoms with Gasteiger partial charge < -0.3 is 9.80 Å². The quantitative estimate of drug-likeness (QED) is 0.209. The molecule has 0 N–H and O–H groups in total. The van der Waals surface area contributed by atoms with Crippen LogP contribution in [-0.4, -0.2) is 64.5 Å². The SMILES string of the molecule is Cc1ccc(Sc2ccc(C=C3SC(=O)N(CC(=O)N4CCN(c5ccccc5)CC4)C3=O)cc2[N+](=O)[O-])cc1. The molecule has 2 saturated heterocycles. The third kappa shape index (κ3) is 6.21. The number of aryl methyl sites for hydroxylation is 1. The summed E-state index contributed by atoms with van der Waals surface area (Å²) in [5.74, 6) is -0.864. The monoisotopic (exact) mass is 574 g/mol. The average molecular weight is 575 g/mol. The minimum absolute atomic E-state index is 0.0941. The Kier molecular flexibility index (Phi) is 8.22. The molecule has 0 saturated carbocycles. The Balaban J connectivity index is 1.24. The van der Waals surface area contributed by atoms with E-state index in [1.807, 2.05) is 61.5 Å². The maximum atomic E-state index is 13.0. The van der Waals surface area contributed by atoms with Gasteiger partial charge in [0.25, 0.3) is 16.8 Å². The van der Waals surface area contributed by atoms with Crippen molar-refractivity contribution in [3.63, 3.8) is 0 Å². The molecule has 2 aliphatic heterocycles. The lowest BCUT2D eigenvalue weighted by molar-refractivity contribution is -0.387. The maximum Gasteiger partial charge on any atom is 0.294 e. The lowest BCUT2D eigenvalue weighted by Crippen LogP contribution is -2.51. The Hall–Kier alpha value is -4.09. The number of amides is 3. The van der Waals surface area contributed by atoms with Gasteiger partial charge >= 0.3 is 0 Å². The Morgan fingerprint density at radius 1 is 1.00 bits per heavy atom. The van der Waals surface area contributed by atoms with Crippen molar-refractivity contribution in [2.75, 3.05) is 37.6 Å². The second-order valence-corrected chi connectivity index (χ2v) is 11.5. The Bertz CT molecular complexity index is 1490. The van der Waals surface area contributed by atoms with Crippen LogP contribution in [0.1, 0.15) is 11.1 Å². The lowest BCUT2D eigenvalue weighted by Gasteiger charge is -2.36. The van der Waals surface area contributed by atoms with E-state index >= 15 is 0 Å². The standard InChI is InChI=1S/C29H26N4O5S2/c1-20-7-10-23(11-8-20)39-25-12-9-21(17-24(25)33(37)38)18-26-28(35)32(29(36)40-26)19-27(34)31-15-13-30(14-16-31)22-5-3-2-4-6-22/h2-12,17-18H,13-16,19H2,1H3. The summed E-state index contributed by atoms with van der Waals surface area (Å²) >= 11 is 2.01. The van der Waals surface area contributed by atoms with Gasteiger partial charge in [-0.2, -0.15) is 0 Å². The van der Waals surface area contributed by atoms with Crippen molar-refractivity contribution in [1.82, 2.24) is 9.80 Å². The van der Waals surface area contributed by atoms with Crippen molar-refractivity contribution in [3.05, 3.63) is 98.9 Å². The van der Waals surface area contributed by atoms with Gasteiger partial charge in [-0.1, -0.05) is 53.7 Å². The molecule has 2 heterocycles. The van der Waals surface area contributed by atoms with Gasteiger partial charge in [0.05, 0.1) is 14.7 Å². The molecule has 0 radical (unpaired) electrons. The molecule has 3 aromatic rings. The fourth-order valence-corrected chi connectivity index (χ4v) is 6.20. The molecule has 40 heavy (non-hydrogen) atoms. The average Bonchev–Trinajstić information content (AvgIpc) is 3.22. The van der Waals surface area contributed by atoms with Gasteiger partial charge in [-0.25, -0.2) is 0 Å². The van der Waals surface area contributed by atoms with Crippen molar-refractivity contribution in [2.45, 2.75) is 16.7 Å². The number of rotatable bonds is 7. The van der Waals surface area contributed by atoms with Crippen LogP contribution in [0.25, 0.3) is 6.08 Å². The van der Waals surface area contributed by atoms with Crippen LogP contribution in [0.3, 0.4) is 0 Å². The van der Waals surface area contributed by atoms with Gasteiger partial charge in [0.2, 0.25) is 5.91 Å². The number of carbonyl (C=O) groups excluding carboxylic acids is 3. The van der Waals surface area contributed by atoms with Crippen molar-refractivity contribution in [3.8, 4) is 0 Å². The number of hydrogen-bond acceptors (Lipinski definition) is 8. The minimum atomic E-state index is -0.577. The van der Waals surface area contributed by atoms with Crippen molar-refractivity contribution >= 4 is 58.0 Å². The van der Waals surface area contributed by atoms with Gasteiger partial charge in [-0.05, 0) is 60.7 Å². The van der Waals surface area contributed by atoms with Gasteiger partial charge in [0.15, 0.2) is 0 Å². The molecular formula is C29H26N4O5S2. The zero-order valence-corrected chi connectivity index (χ0v) is 23.3. The summed E-state index contributed by atoms with van der Waals surface area (Å²) in [5, 5.41) is 11.3. The summed E-state index contributed by atoms with van der Waals surface area (Å²) in [7, 11) is 0. The molecule has 0 aromatic heterocycles. The van der Waals surface area contributed by atoms with Crippen molar-refractivity contribution in [2.24, 2.45) is 0 Å². The van der Waals surface area contributed by atoms with Crippen LogP contribution in [0.2, 0.25) is 0 Å². The van der Waals surface area contributed by atoms with Gasteiger partial charge in [-0.3, -0.25) is 29.4 Å². The number of nitro groups is 1. The first-order valence-electron chi connectivity index (χ1n) is 12.6. The van der Waals surface area contributed by atoms with Crippen LogP contribution in [0, 0.1) is 17.0 Å². The molecule has 5 rings (SSSR count). The van der Waals surface area contributed by atoms with Crippen molar-refractivity contribution < 1.29 is 19.3 Å². The second kappa shape index (κ2) is 12.0. The van der Waals surface area contributed by atoms with E-state index in [9.17, 15) is 24.5 Å². The number of anilines is 1. The third-order valence-corrected chi connectivity index (χ3v) is 8.63. The molecule has 3 aromatic carbocycles. The summed E-state index contributed by atoms with van der Waals surface area (Å²) in [6.07, 6.45) is 1.46. The van der Waals surface area contributed by atoms with E-state index in [0.717, 1.165) is 32.8 Å². The van der Waals surface area contributed by atoms with E-state index in [0.29, 0.717) is 36.6 Å². The summed E-state index contributed by atoms with van der Waals surface area (Å²) in [4.78, 5) is 56.2. The third-order valence-electron chi connectivity index (χ3n) is 6.65. The number of para-hydroxylation sites is 1. The topological polar surface area (TPSA) is 104 Å². The first-order valence-corrected chi connectivity index (χ1v) is 14.3. The summed E-state index contributed by atoms with van der Waals surface area (Å²) in [5.41, 5.74) is 2.51. The summed E-state index contributed by atoms with van der Waals surface area (Å²) in [6.45, 7) is 3.95. The first-order chi connectivity index (χ1) is 19.3. The molecule has 2 aliphatic rings. The van der Waals surface area contributed by atoms with Crippen LogP contribution in [0.5, 0.6) is 0 Å². The highest BCUT2D eigenvalue weighted by Gasteiger charge is 2.37. The number of nitro benzene ring substituents is 1. The Morgan fingerprint density at radius 2 is 1.70 bits per heavy atom. The smallest absolute Gasteiger partial charge is 0.294 e. The predicted molar refractivity (Wildman–Crippen MR) is 156 cm³/mol. The molecule has 0 bridgehead atoms. The number of carbonyl (C=O) groups is 3. The van der Waals surface area contributed by atoms with Crippen molar-refractivity contribution in [1.29, 1.82) is 0 Å². The van der Waals surface area contributed by atoms with Crippen LogP contribution >= 0.6 is 23.5 Å². The van der Waals surface area contributed by atoms with E-state index in [2.05, 4.69) is 4.90 Å². The highest BCUT2D eigenvalue weighted by atomic mass is 32.2. The second-order valence-electron chi connectivity index (χ2n) is 9.37. The molecule has 204 valence electrons. The van der Waals surface area contributed by atoms with E-state index in [-0.39, 0.29) is 23.0 Å². The van der Waals surface area contributed by atoms with Crippen LogP contribution in [0.15, 0.2) is 87.5 Å². The van der Waals surface area contributed by atoms with Gasteiger partial charge in [-0.15, -0.1) is 0 Å². The zero-order chi connectivity index (χ0) is 28.2. The molecule has 0 atom stereocenters. The normalized spacial score (nSPS) is 16.6. The van der Waals surface area contributed by atoms with E-state index in [1.54, 1.807) is 17.0 Å². The van der Waals surface area contributed by atoms with Crippen LogP contribution in [-0.2, 0) is 9.59 Å². The highest BCUT2D eigenvalue weighted by Crippen LogP contribution is 2.37. The number of hydrogen-bond donors (Lipinski definition) is 0. The molecule has 2 fully saturated rings. The van der Waals surface area contributed by atoms with E-state index in [4.69, 9.17) is 0 Å². The largest absolute Gasteiger partial charge is 0.368 e. The highest BCUT2D eigenvalue weighted by molar-refractivity contribution is 8.18. The molecule has 9 nitrogen and oxygen atoms in total. The molecule has 0 unspecified atom stereocenters. The zero-order valence-electron chi connectivity index (χ0n) is 21.7. The minimum Gasteiger partial charge on any atom is -0.368 e. The number of thioether (sulfide) groups is 1. The maximum absolute atomic E-state index is 13.0. The van der Waals surface area contributed by atoms with Crippen LogP contribution < -0.4 is 4.90 Å². The summed E-state index contributed by atoms with van der Waals surface area (Å²) in [6, 6.07) is 22.3. The number of piperazine rings is 1. The van der Waals surface area contributed by atoms with Crippen LogP contribution in [0.4, 0.5) is 16.2 Å². The van der Waals surface area contributed by atoms with Gasteiger partial charge in [0.1, 0.15) is 6.54 Å². The molecule has 0 spiro atoms. The molecule has 11 heteroatoms. The molecule has 3 amide bonds. The fraction of sp³-hybridized carbons (Fsp3) is 0.207. The number of imide groups is 1. The first kappa shape index (κ1) is 27.5. The van der Waals surface area contributed by atoms with E-state index < -0.39 is 16.1 Å². The fourth-order valence-electron chi connectivity index (χ4n) is 4.46. The molecular weight excluding hydrogens is 548 g/mol. The van der Waals surface area contributed by atoms with E-state index in [1.165, 1.54) is 23.9 Å².